The number of aromatic nitrogens is 2. The summed E-state index contributed by atoms with van der Waals surface area (Å²) in [5.74, 6) is -1.70. The molecule has 1 spiro atoms. The quantitative estimate of drug-likeness (QED) is 0.314. The summed E-state index contributed by atoms with van der Waals surface area (Å²) in [5.41, 5.74) is 0.168. The number of sulfonamides is 1. The summed E-state index contributed by atoms with van der Waals surface area (Å²) in [6.07, 6.45) is -2.00. The van der Waals surface area contributed by atoms with Gasteiger partial charge in [0.2, 0.25) is 10.0 Å². The van der Waals surface area contributed by atoms with Crippen LogP contribution in [-0.4, -0.2) is 61.3 Å². The van der Waals surface area contributed by atoms with Gasteiger partial charge in [0.25, 0.3) is 11.8 Å². The van der Waals surface area contributed by atoms with E-state index < -0.39 is 52.0 Å². The number of rotatable bonds is 10. The number of nitrogens with zero attached hydrogens (tertiary/aromatic N) is 2. The predicted octanol–water partition coefficient (Wildman–Crippen LogP) is 3.19. The highest BCUT2D eigenvalue weighted by Crippen LogP contribution is 2.42. The van der Waals surface area contributed by atoms with E-state index in [4.69, 9.17) is 4.74 Å². The van der Waals surface area contributed by atoms with E-state index >= 15 is 0 Å². The number of carbonyl (C=O) groups excluding carboxylic acids is 2. The molecule has 2 aromatic rings. The van der Waals surface area contributed by atoms with Crippen LogP contribution in [0.15, 0.2) is 18.2 Å². The molecule has 2 amide bonds. The van der Waals surface area contributed by atoms with Crippen LogP contribution in [0.4, 0.5) is 22.0 Å². The smallest absolute Gasteiger partial charge is 0.422 e. The maximum Gasteiger partial charge on any atom is 0.422 e. The zero-order chi connectivity index (χ0) is 29.6. The van der Waals surface area contributed by atoms with Gasteiger partial charge in [-0.1, -0.05) is 6.07 Å². The van der Waals surface area contributed by atoms with Crippen molar-refractivity contribution >= 4 is 21.8 Å². The van der Waals surface area contributed by atoms with Crippen LogP contribution in [0.2, 0.25) is 0 Å². The number of hydrogen-bond donors (Lipinski definition) is 2. The second-order valence-electron chi connectivity index (χ2n) is 10.3. The summed E-state index contributed by atoms with van der Waals surface area (Å²) in [6.45, 7) is -4.92. The number of ether oxygens (including phenoxy) is 2. The number of halogens is 5. The summed E-state index contributed by atoms with van der Waals surface area (Å²) in [6, 6.07) is 4.50. The molecule has 0 saturated heterocycles. The molecule has 0 bridgehead atoms. The molecule has 10 nitrogen and oxygen atoms in total. The molecule has 2 heterocycles. The van der Waals surface area contributed by atoms with Crippen LogP contribution in [0.25, 0.3) is 0 Å². The fourth-order valence-electron chi connectivity index (χ4n) is 5.43. The number of carbonyl (C=O) groups is 2. The van der Waals surface area contributed by atoms with Crippen molar-refractivity contribution in [2.75, 3.05) is 13.2 Å². The minimum Gasteiger partial charge on any atom is -0.484 e. The normalized spacial score (nSPS) is 20.5. The highest BCUT2D eigenvalue weighted by molar-refractivity contribution is 7.91. The topological polar surface area (TPSA) is 129 Å². The summed E-state index contributed by atoms with van der Waals surface area (Å²) in [5, 5.41) is 6.67. The molecule has 41 heavy (non-hydrogen) atoms. The van der Waals surface area contributed by atoms with Gasteiger partial charge >= 0.3 is 12.8 Å². The van der Waals surface area contributed by atoms with Crippen molar-refractivity contribution in [1.82, 2.24) is 19.8 Å². The van der Waals surface area contributed by atoms with E-state index in [2.05, 4.69) is 15.2 Å². The molecule has 3 aliphatic rings. The van der Waals surface area contributed by atoms with Crippen molar-refractivity contribution < 1.29 is 49.4 Å². The third kappa shape index (κ3) is 6.32. The van der Waals surface area contributed by atoms with E-state index in [1.54, 1.807) is 6.07 Å². The number of nitrogens with one attached hydrogen (secondary N) is 2. The standard InChI is InChI=1S/C25H27F5N4O6S/c26-23(27)39-10-2-9-34-20(22(36)33-41(37,38)16-5-6-16)19-18(32-34)12-24(31-21(19)35)8-1-3-14-11-15(4-7-17(14)24)40-13-25(28,29)30/h4,7,11,16,23H,1-3,5-6,8-10,12-13H2,(H,31,35)(H,33,36)/t24-/m0/s1. The third-order valence-corrected chi connectivity index (χ3v) is 9.11. The van der Waals surface area contributed by atoms with E-state index in [-0.39, 0.29) is 48.7 Å². The van der Waals surface area contributed by atoms with Crippen molar-refractivity contribution in [1.29, 1.82) is 0 Å². The Kier molecular flexibility index (Phi) is 7.74. The predicted molar refractivity (Wildman–Crippen MR) is 132 cm³/mol. The van der Waals surface area contributed by atoms with E-state index in [9.17, 15) is 40.0 Å². The molecular formula is C25H27F5N4O6S. The van der Waals surface area contributed by atoms with Crippen molar-refractivity contribution in [3.05, 3.63) is 46.3 Å². The zero-order valence-corrected chi connectivity index (χ0v) is 22.4. The first-order valence-electron chi connectivity index (χ1n) is 13.0. The number of benzene rings is 1. The van der Waals surface area contributed by atoms with Gasteiger partial charge in [-0.2, -0.15) is 27.1 Å². The van der Waals surface area contributed by atoms with Gasteiger partial charge in [0.05, 0.1) is 28.7 Å². The van der Waals surface area contributed by atoms with Gasteiger partial charge in [-0.25, -0.2) is 13.1 Å². The molecule has 1 saturated carbocycles. The summed E-state index contributed by atoms with van der Waals surface area (Å²) < 4.78 is 99.9. The molecule has 1 atom stereocenters. The maximum atomic E-state index is 13.6. The van der Waals surface area contributed by atoms with Crippen LogP contribution in [0, 0.1) is 0 Å². The van der Waals surface area contributed by atoms with E-state index in [1.807, 2.05) is 4.72 Å². The van der Waals surface area contributed by atoms with Crippen LogP contribution in [-0.2, 0) is 39.7 Å². The average Bonchev–Trinajstić information content (AvgIpc) is 3.67. The highest BCUT2D eigenvalue weighted by atomic mass is 32.2. The SMILES string of the molecule is O=C1N[C@@]2(CCCc3cc(OCC(F)(F)F)ccc32)Cc2nn(CCCOC(F)F)c(C(=O)NS(=O)(=O)C3CC3)c21. The molecule has 16 heteroatoms. The molecule has 2 aliphatic carbocycles. The van der Waals surface area contributed by atoms with E-state index in [0.717, 1.165) is 4.68 Å². The Labute approximate surface area is 231 Å². The molecular weight excluding hydrogens is 579 g/mol. The molecule has 5 rings (SSSR count). The van der Waals surface area contributed by atoms with Gasteiger partial charge in [0, 0.05) is 13.0 Å². The lowest BCUT2D eigenvalue weighted by Gasteiger charge is -2.42. The molecule has 1 aliphatic heterocycles. The second kappa shape index (κ2) is 10.9. The van der Waals surface area contributed by atoms with Gasteiger partial charge in [0.15, 0.2) is 6.61 Å². The van der Waals surface area contributed by atoms with Crippen LogP contribution in [0.3, 0.4) is 0 Å². The lowest BCUT2D eigenvalue weighted by atomic mass is 9.71. The van der Waals surface area contributed by atoms with Crippen molar-refractivity contribution in [2.24, 2.45) is 0 Å². The summed E-state index contributed by atoms with van der Waals surface area (Å²) >= 11 is 0. The molecule has 1 aromatic carbocycles. The van der Waals surface area contributed by atoms with Crippen LogP contribution < -0.4 is 14.8 Å². The summed E-state index contributed by atoms with van der Waals surface area (Å²) in [4.78, 5) is 26.7. The Morgan fingerprint density at radius 3 is 2.71 bits per heavy atom. The van der Waals surface area contributed by atoms with Crippen LogP contribution in [0.1, 0.15) is 69.8 Å². The Morgan fingerprint density at radius 2 is 2.02 bits per heavy atom. The molecule has 1 fully saturated rings. The van der Waals surface area contributed by atoms with Gasteiger partial charge in [-0.15, -0.1) is 0 Å². The molecule has 224 valence electrons. The van der Waals surface area contributed by atoms with Gasteiger partial charge in [-0.3, -0.25) is 14.3 Å². The largest absolute Gasteiger partial charge is 0.484 e. The van der Waals surface area contributed by atoms with Crippen LogP contribution in [0.5, 0.6) is 5.75 Å². The molecule has 1 aromatic heterocycles. The minimum absolute atomic E-state index is 0.00312. The zero-order valence-electron chi connectivity index (χ0n) is 21.6. The Balaban J connectivity index is 1.46. The van der Waals surface area contributed by atoms with E-state index in [1.165, 1.54) is 12.1 Å². The minimum atomic E-state index is -4.50. The maximum absolute atomic E-state index is 13.6. The number of fused-ring (bicyclic) bond motifs is 3. The molecule has 2 N–H and O–H groups in total. The van der Waals surface area contributed by atoms with Crippen molar-refractivity contribution in [2.45, 2.75) is 75.1 Å². The highest BCUT2D eigenvalue weighted by Gasteiger charge is 2.46. The molecule has 0 radical (unpaired) electrons. The van der Waals surface area contributed by atoms with Gasteiger partial charge < -0.3 is 14.8 Å². The average molecular weight is 607 g/mol. The Bertz CT molecular complexity index is 1460. The van der Waals surface area contributed by atoms with Crippen molar-refractivity contribution in [3.8, 4) is 5.75 Å². The molecule has 0 unspecified atom stereocenters. The first-order chi connectivity index (χ1) is 19.3. The summed E-state index contributed by atoms with van der Waals surface area (Å²) in [7, 11) is -3.97. The number of amides is 2. The number of aryl methyl sites for hydroxylation is 2. The first-order valence-corrected chi connectivity index (χ1v) is 14.5. The second-order valence-corrected chi connectivity index (χ2v) is 12.3. The fraction of sp³-hybridized carbons (Fsp3) is 0.560. The number of hydrogen-bond acceptors (Lipinski definition) is 7. The van der Waals surface area contributed by atoms with Gasteiger partial charge in [-0.05, 0) is 61.8 Å². The number of alkyl halides is 5. The lowest BCUT2D eigenvalue weighted by molar-refractivity contribution is -0.153. The third-order valence-electron chi connectivity index (χ3n) is 7.29. The Morgan fingerprint density at radius 1 is 1.27 bits per heavy atom. The lowest BCUT2D eigenvalue weighted by Crippen LogP contribution is -2.53. The van der Waals surface area contributed by atoms with Gasteiger partial charge in [0.1, 0.15) is 11.4 Å². The fourth-order valence-corrected chi connectivity index (χ4v) is 6.71. The monoisotopic (exact) mass is 606 g/mol. The Hall–Kier alpha value is -3.27. The van der Waals surface area contributed by atoms with Crippen LogP contribution >= 0.6 is 0 Å². The van der Waals surface area contributed by atoms with Crippen molar-refractivity contribution in [3.63, 3.8) is 0 Å². The first kappa shape index (κ1) is 29.2. The van der Waals surface area contributed by atoms with E-state index in [0.29, 0.717) is 43.2 Å².